The number of nitrogens with zero attached hydrogens (tertiary/aromatic N) is 3. The first-order chi connectivity index (χ1) is 16.2. The minimum absolute atomic E-state index is 0.00765. The van der Waals surface area contributed by atoms with Crippen LogP contribution < -0.4 is 10.1 Å². The largest absolute Gasteiger partial charge is 0.479 e. The van der Waals surface area contributed by atoms with Crippen LogP contribution in [0.4, 0.5) is 27.9 Å². The summed E-state index contributed by atoms with van der Waals surface area (Å²) < 4.78 is 78.4. The van der Waals surface area contributed by atoms with E-state index in [0.29, 0.717) is 6.54 Å². The van der Waals surface area contributed by atoms with Crippen LogP contribution in [0, 0.1) is 36.0 Å². The van der Waals surface area contributed by atoms with Gasteiger partial charge in [0, 0.05) is 0 Å². The summed E-state index contributed by atoms with van der Waals surface area (Å²) in [5, 5.41) is 6.57. The first kappa shape index (κ1) is 23.0. The van der Waals surface area contributed by atoms with Gasteiger partial charge in [0.2, 0.25) is 35.0 Å². The molecule has 4 rings (SSSR count). The summed E-state index contributed by atoms with van der Waals surface area (Å²) in [7, 11) is 0. The summed E-state index contributed by atoms with van der Waals surface area (Å²) >= 11 is 0. The topological polar surface area (TPSA) is 82.2 Å². The second kappa shape index (κ2) is 9.33. The van der Waals surface area contributed by atoms with Crippen LogP contribution in [0.15, 0.2) is 47.1 Å². The standard InChI is InChI=1S/C22H15F5N4O3/c1-11-3-2-4-12(7-11)8-31-10-28-22(30-31)29-21(32)14-6-5-13(34-14)9-33-20-18(26)16(24)15(23)17(25)19(20)27/h2-7,10H,8-9H2,1H3,(H,29,30,32). The third kappa shape index (κ3) is 4.75. The van der Waals surface area contributed by atoms with E-state index in [2.05, 4.69) is 15.4 Å². The van der Waals surface area contributed by atoms with Crippen molar-refractivity contribution in [2.75, 3.05) is 5.32 Å². The smallest absolute Gasteiger partial charge is 0.293 e. The predicted molar refractivity (Wildman–Crippen MR) is 108 cm³/mol. The molecule has 0 aliphatic carbocycles. The molecule has 0 radical (unpaired) electrons. The van der Waals surface area contributed by atoms with Crippen LogP contribution in [0.1, 0.15) is 27.4 Å². The Morgan fingerprint density at radius 2 is 1.74 bits per heavy atom. The molecule has 12 heteroatoms. The summed E-state index contributed by atoms with van der Waals surface area (Å²) in [5.74, 6) is -13.3. The molecule has 0 unspecified atom stereocenters. The minimum atomic E-state index is -2.30. The van der Waals surface area contributed by atoms with Gasteiger partial charge in [-0.1, -0.05) is 29.8 Å². The Bertz CT molecular complexity index is 1340. The number of carbonyl (C=O) groups is 1. The number of aryl methyl sites for hydroxylation is 1. The zero-order chi connectivity index (χ0) is 24.4. The number of rotatable bonds is 7. The van der Waals surface area contributed by atoms with E-state index in [1.54, 1.807) is 0 Å². The molecular weight excluding hydrogens is 463 g/mol. The van der Waals surface area contributed by atoms with Crippen molar-refractivity contribution >= 4 is 11.9 Å². The maximum Gasteiger partial charge on any atom is 0.293 e. The van der Waals surface area contributed by atoms with Gasteiger partial charge in [-0.15, -0.1) is 5.10 Å². The van der Waals surface area contributed by atoms with Gasteiger partial charge in [-0.05, 0) is 24.6 Å². The fourth-order valence-corrected chi connectivity index (χ4v) is 3.02. The number of furan rings is 1. The molecule has 0 saturated carbocycles. The molecule has 4 aromatic rings. The molecule has 34 heavy (non-hydrogen) atoms. The maximum atomic E-state index is 13.7. The first-order valence-corrected chi connectivity index (χ1v) is 9.72. The molecule has 176 valence electrons. The van der Waals surface area contributed by atoms with Gasteiger partial charge in [-0.3, -0.25) is 10.1 Å². The number of amides is 1. The van der Waals surface area contributed by atoms with Gasteiger partial charge < -0.3 is 9.15 Å². The van der Waals surface area contributed by atoms with Crippen molar-refractivity contribution in [1.29, 1.82) is 0 Å². The van der Waals surface area contributed by atoms with Gasteiger partial charge >= 0.3 is 0 Å². The van der Waals surface area contributed by atoms with Crippen molar-refractivity contribution in [3.8, 4) is 5.75 Å². The number of halogens is 5. The summed E-state index contributed by atoms with van der Waals surface area (Å²) in [6.45, 7) is 1.70. The molecule has 7 nitrogen and oxygen atoms in total. The highest BCUT2D eigenvalue weighted by molar-refractivity contribution is 6.01. The lowest BCUT2D eigenvalue weighted by atomic mass is 10.1. The number of nitrogens with one attached hydrogen (secondary N) is 1. The Kier molecular flexibility index (Phi) is 6.30. The van der Waals surface area contributed by atoms with Crippen molar-refractivity contribution in [3.63, 3.8) is 0 Å². The Morgan fingerprint density at radius 1 is 1.03 bits per heavy atom. The Labute approximate surface area is 188 Å². The second-order valence-corrected chi connectivity index (χ2v) is 7.16. The van der Waals surface area contributed by atoms with Gasteiger partial charge in [-0.25, -0.2) is 22.8 Å². The van der Waals surface area contributed by atoms with Gasteiger partial charge in [0.05, 0.1) is 6.54 Å². The van der Waals surface area contributed by atoms with Crippen LogP contribution in [0.2, 0.25) is 0 Å². The molecule has 1 amide bonds. The summed E-state index contributed by atoms with van der Waals surface area (Å²) in [6.07, 6.45) is 1.43. The first-order valence-electron chi connectivity index (χ1n) is 9.72. The predicted octanol–water partition coefficient (Wildman–Crippen LogP) is 4.75. The zero-order valence-electron chi connectivity index (χ0n) is 17.4. The molecule has 0 aliphatic heterocycles. The van der Waals surface area contributed by atoms with Gasteiger partial charge in [-0.2, -0.15) is 8.78 Å². The van der Waals surface area contributed by atoms with E-state index in [1.807, 2.05) is 31.2 Å². The summed E-state index contributed by atoms with van der Waals surface area (Å²) in [6, 6.07) is 10.3. The highest BCUT2D eigenvalue weighted by atomic mass is 19.2. The average Bonchev–Trinajstić information content (AvgIpc) is 3.46. The Hall–Kier alpha value is -4.22. The van der Waals surface area contributed by atoms with Crippen LogP contribution in [0.5, 0.6) is 5.75 Å². The lowest BCUT2D eigenvalue weighted by Gasteiger charge is -2.09. The lowest BCUT2D eigenvalue weighted by Crippen LogP contribution is -2.12. The average molecular weight is 478 g/mol. The summed E-state index contributed by atoms with van der Waals surface area (Å²) in [5.41, 5.74) is 2.08. The van der Waals surface area contributed by atoms with Crippen molar-refractivity contribution in [2.45, 2.75) is 20.1 Å². The molecule has 0 spiro atoms. The van der Waals surface area contributed by atoms with E-state index in [9.17, 15) is 26.7 Å². The molecule has 0 saturated heterocycles. The van der Waals surface area contributed by atoms with Gasteiger partial charge in [0.25, 0.3) is 5.91 Å². The van der Waals surface area contributed by atoms with Crippen molar-refractivity contribution in [3.05, 3.63) is 94.5 Å². The lowest BCUT2D eigenvalue weighted by molar-refractivity contribution is 0.0991. The van der Waals surface area contributed by atoms with E-state index in [0.717, 1.165) is 11.1 Å². The van der Waals surface area contributed by atoms with E-state index in [1.165, 1.54) is 23.1 Å². The minimum Gasteiger partial charge on any atom is -0.479 e. The molecule has 0 fully saturated rings. The SMILES string of the molecule is Cc1cccc(Cn2cnc(NC(=O)c3ccc(COc4c(F)c(F)c(F)c(F)c4F)o3)n2)c1. The monoisotopic (exact) mass is 478 g/mol. The number of aromatic nitrogens is 3. The molecule has 2 heterocycles. The molecule has 2 aromatic carbocycles. The number of ether oxygens (including phenoxy) is 1. The fourth-order valence-electron chi connectivity index (χ4n) is 3.02. The molecule has 0 aliphatic rings. The molecule has 0 atom stereocenters. The zero-order valence-corrected chi connectivity index (χ0v) is 17.4. The quantitative estimate of drug-likeness (QED) is 0.236. The van der Waals surface area contributed by atoms with E-state index in [-0.39, 0.29) is 17.5 Å². The Morgan fingerprint density at radius 3 is 2.44 bits per heavy atom. The van der Waals surface area contributed by atoms with Gasteiger partial charge in [0.15, 0.2) is 11.5 Å². The number of hydrogen-bond donors (Lipinski definition) is 1. The van der Waals surface area contributed by atoms with Crippen LogP contribution in [0.25, 0.3) is 0 Å². The number of benzene rings is 2. The second-order valence-electron chi connectivity index (χ2n) is 7.16. The summed E-state index contributed by atoms with van der Waals surface area (Å²) in [4.78, 5) is 16.3. The highest BCUT2D eigenvalue weighted by Gasteiger charge is 2.27. The normalized spacial score (nSPS) is 11.0. The number of anilines is 1. The van der Waals surface area contributed by atoms with Crippen LogP contribution in [-0.2, 0) is 13.2 Å². The third-order valence-electron chi connectivity index (χ3n) is 4.60. The fraction of sp³-hybridized carbons (Fsp3) is 0.136. The molecule has 0 bridgehead atoms. The number of hydrogen-bond acceptors (Lipinski definition) is 5. The van der Waals surface area contributed by atoms with E-state index >= 15 is 0 Å². The third-order valence-corrected chi connectivity index (χ3v) is 4.60. The van der Waals surface area contributed by atoms with E-state index < -0.39 is 47.3 Å². The maximum absolute atomic E-state index is 13.7. The molecule has 1 N–H and O–H groups in total. The van der Waals surface area contributed by atoms with Crippen LogP contribution in [0.3, 0.4) is 0 Å². The van der Waals surface area contributed by atoms with E-state index in [4.69, 9.17) is 9.15 Å². The molecule has 2 aromatic heterocycles. The Balaban J connectivity index is 1.38. The van der Waals surface area contributed by atoms with Gasteiger partial charge in [0.1, 0.15) is 18.7 Å². The van der Waals surface area contributed by atoms with Crippen molar-refractivity contribution in [2.24, 2.45) is 0 Å². The van der Waals surface area contributed by atoms with Crippen LogP contribution >= 0.6 is 0 Å². The molecular formula is C22H15F5N4O3. The van der Waals surface area contributed by atoms with Crippen molar-refractivity contribution in [1.82, 2.24) is 14.8 Å². The van der Waals surface area contributed by atoms with Crippen molar-refractivity contribution < 1.29 is 35.9 Å². The number of carbonyl (C=O) groups excluding carboxylic acids is 1. The highest BCUT2D eigenvalue weighted by Crippen LogP contribution is 2.29. The van der Waals surface area contributed by atoms with Crippen LogP contribution in [-0.4, -0.2) is 20.7 Å².